The molecule has 8 heteroatoms. The molecule has 0 atom stereocenters. The Balaban J connectivity index is 3.09. The minimum absolute atomic E-state index is 0.160. The molecule has 1 aromatic rings. The molecule has 0 fully saturated rings. The van der Waals surface area contributed by atoms with Crippen LogP contribution in [0.2, 0.25) is 0 Å². The van der Waals surface area contributed by atoms with Gasteiger partial charge in [-0.2, -0.15) is 13.2 Å². The standard InChI is InChI=1S/C8H5BF7/c10-7-2-5(4-9(14,15)16)1-6(3-7)8(11,12)13/h1-3H,4H2/q-1. The molecule has 0 amide bonds. The number of hydrogen-bond donors (Lipinski definition) is 0. The fourth-order valence-corrected chi connectivity index (χ4v) is 1.20. The van der Waals surface area contributed by atoms with E-state index in [0.29, 0.717) is 12.1 Å². The van der Waals surface area contributed by atoms with Gasteiger partial charge in [0.1, 0.15) is 5.82 Å². The van der Waals surface area contributed by atoms with Gasteiger partial charge in [0.25, 0.3) is 0 Å². The average Bonchev–Trinajstić information content (AvgIpc) is 1.97. The van der Waals surface area contributed by atoms with Gasteiger partial charge in [-0.25, -0.2) is 4.39 Å². The van der Waals surface area contributed by atoms with Crippen LogP contribution in [-0.4, -0.2) is 6.98 Å². The highest BCUT2D eigenvalue weighted by molar-refractivity contribution is 6.57. The first-order valence-corrected chi connectivity index (χ1v) is 4.15. The van der Waals surface area contributed by atoms with Crippen molar-refractivity contribution >= 4 is 6.98 Å². The van der Waals surface area contributed by atoms with Crippen molar-refractivity contribution in [3.63, 3.8) is 0 Å². The van der Waals surface area contributed by atoms with Crippen molar-refractivity contribution in [2.45, 2.75) is 12.5 Å². The fourth-order valence-electron chi connectivity index (χ4n) is 1.20. The Hall–Kier alpha value is -1.21. The molecular formula is C8H5BF7-. The van der Waals surface area contributed by atoms with Crippen LogP contribution in [0.4, 0.5) is 30.5 Å². The molecule has 0 aliphatic carbocycles. The summed E-state index contributed by atoms with van der Waals surface area (Å²) in [5, 5.41) is 0. The predicted octanol–water partition coefficient (Wildman–Crippen LogP) is 3.77. The van der Waals surface area contributed by atoms with Crippen LogP contribution in [0.5, 0.6) is 0 Å². The van der Waals surface area contributed by atoms with E-state index in [-0.39, 0.29) is 6.07 Å². The quantitative estimate of drug-likeness (QED) is 0.549. The molecule has 0 aliphatic heterocycles. The number of halogens is 7. The number of hydrogen-bond acceptors (Lipinski definition) is 0. The Morgan fingerprint density at radius 2 is 1.56 bits per heavy atom. The van der Waals surface area contributed by atoms with Crippen molar-refractivity contribution < 1.29 is 30.5 Å². The summed E-state index contributed by atoms with van der Waals surface area (Å²) < 4.78 is 85.0. The van der Waals surface area contributed by atoms with Crippen LogP contribution in [0, 0.1) is 5.82 Å². The lowest BCUT2D eigenvalue weighted by Crippen LogP contribution is -2.20. The maximum atomic E-state index is 12.7. The van der Waals surface area contributed by atoms with Gasteiger partial charge in [0.15, 0.2) is 0 Å². The van der Waals surface area contributed by atoms with E-state index >= 15 is 0 Å². The minimum Gasteiger partial charge on any atom is -0.449 e. The minimum atomic E-state index is -5.29. The van der Waals surface area contributed by atoms with Crippen LogP contribution >= 0.6 is 0 Å². The van der Waals surface area contributed by atoms with Gasteiger partial charge in [-0.1, -0.05) is 11.9 Å². The first-order chi connectivity index (χ1) is 7.08. The van der Waals surface area contributed by atoms with Crippen molar-refractivity contribution in [2.24, 2.45) is 0 Å². The van der Waals surface area contributed by atoms with Crippen molar-refractivity contribution in [1.29, 1.82) is 0 Å². The molecule has 16 heavy (non-hydrogen) atoms. The lowest BCUT2D eigenvalue weighted by molar-refractivity contribution is -0.137. The van der Waals surface area contributed by atoms with E-state index < -0.39 is 36.4 Å². The molecule has 0 unspecified atom stereocenters. The van der Waals surface area contributed by atoms with E-state index in [9.17, 15) is 30.5 Å². The van der Waals surface area contributed by atoms with Crippen molar-refractivity contribution in [2.75, 3.05) is 0 Å². The molecule has 0 N–H and O–H groups in total. The third-order valence-electron chi connectivity index (χ3n) is 1.75. The Morgan fingerprint density at radius 3 is 2.00 bits per heavy atom. The van der Waals surface area contributed by atoms with Crippen molar-refractivity contribution in [1.82, 2.24) is 0 Å². The zero-order valence-corrected chi connectivity index (χ0v) is 7.66. The average molecular weight is 245 g/mol. The molecule has 1 rings (SSSR count). The summed E-state index contributed by atoms with van der Waals surface area (Å²) >= 11 is 0. The molecule has 0 aromatic heterocycles. The summed E-state index contributed by atoms with van der Waals surface area (Å²) in [6, 6.07) is 0.912. The molecule has 0 aliphatic rings. The third kappa shape index (κ3) is 3.75. The zero-order chi connectivity index (χ0) is 12.6. The maximum Gasteiger partial charge on any atom is 0.482 e. The summed E-state index contributed by atoms with van der Waals surface area (Å²) in [6.07, 6.45) is -6.38. The van der Waals surface area contributed by atoms with Gasteiger partial charge in [-0.3, -0.25) is 0 Å². The van der Waals surface area contributed by atoms with E-state index in [1.54, 1.807) is 0 Å². The summed E-state index contributed by atoms with van der Waals surface area (Å²) in [5.41, 5.74) is -2.14. The SMILES string of the molecule is Fc1cc(C[B-](F)(F)F)cc(C(F)(F)F)c1. The van der Waals surface area contributed by atoms with E-state index in [4.69, 9.17) is 0 Å². The molecule has 0 spiro atoms. The lowest BCUT2D eigenvalue weighted by Gasteiger charge is -2.15. The smallest absolute Gasteiger partial charge is 0.449 e. The predicted molar refractivity (Wildman–Crippen MR) is 44.2 cm³/mol. The molecule has 1 aromatic carbocycles. The molecule has 0 saturated carbocycles. The highest BCUT2D eigenvalue weighted by Gasteiger charge is 2.32. The fraction of sp³-hybridized carbons (Fsp3) is 0.250. The highest BCUT2D eigenvalue weighted by atomic mass is 19.4. The van der Waals surface area contributed by atoms with Gasteiger partial charge in [0.2, 0.25) is 0 Å². The zero-order valence-electron chi connectivity index (χ0n) is 7.66. The summed E-state index contributed by atoms with van der Waals surface area (Å²) in [4.78, 5) is 0. The first-order valence-electron chi connectivity index (χ1n) is 4.15. The van der Waals surface area contributed by atoms with E-state index in [1.165, 1.54) is 0 Å². The Kier molecular flexibility index (Phi) is 3.21. The second-order valence-corrected chi connectivity index (χ2v) is 3.26. The van der Waals surface area contributed by atoms with Gasteiger partial charge < -0.3 is 12.9 Å². The van der Waals surface area contributed by atoms with E-state index in [2.05, 4.69) is 0 Å². The Bertz CT molecular complexity index is 379. The molecule has 0 nitrogen and oxygen atoms in total. The summed E-state index contributed by atoms with van der Waals surface area (Å²) in [6.45, 7) is -5.29. The summed E-state index contributed by atoms with van der Waals surface area (Å²) in [5.74, 6) is -1.33. The lowest BCUT2D eigenvalue weighted by atomic mass is 9.81. The van der Waals surface area contributed by atoms with Gasteiger partial charge >= 0.3 is 13.2 Å². The number of rotatable bonds is 2. The first kappa shape index (κ1) is 12.9. The summed E-state index contributed by atoms with van der Waals surface area (Å²) in [7, 11) is 0. The number of benzene rings is 1. The largest absolute Gasteiger partial charge is 0.482 e. The third-order valence-corrected chi connectivity index (χ3v) is 1.75. The Labute approximate surface area is 86.1 Å². The second kappa shape index (κ2) is 3.99. The van der Waals surface area contributed by atoms with Crippen LogP contribution in [-0.2, 0) is 12.5 Å². The molecule has 0 saturated heterocycles. The second-order valence-electron chi connectivity index (χ2n) is 3.26. The molecular weight excluding hydrogens is 240 g/mol. The number of alkyl halides is 3. The van der Waals surface area contributed by atoms with Crippen molar-refractivity contribution in [3.8, 4) is 0 Å². The van der Waals surface area contributed by atoms with Crippen LogP contribution < -0.4 is 0 Å². The van der Waals surface area contributed by atoms with E-state index in [1.807, 2.05) is 0 Å². The maximum absolute atomic E-state index is 12.7. The van der Waals surface area contributed by atoms with Gasteiger partial charge in [0, 0.05) is 0 Å². The molecule has 90 valence electrons. The Morgan fingerprint density at radius 1 is 1.00 bits per heavy atom. The van der Waals surface area contributed by atoms with Crippen LogP contribution in [0.3, 0.4) is 0 Å². The topological polar surface area (TPSA) is 0 Å². The van der Waals surface area contributed by atoms with Gasteiger partial charge in [-0.05, 0) is 18.2 Å². The van der Waals surface area contributed by atoms with Crippen molar-refractivity contribution in [3.05, 3.63) is 35.1 Å². The highest BCUT2D eigenvalue weighted by Crippen LogP contribution is 2.31. The van der Waals surface area contributed by atoms with Crippen LogP contribution in [0.15, 0.2) is 18.2 Å². The monoisotopic (exact) mass is 245 g/mol. The van der Waals surface area contributed by atoms with Crippen LogP contribution in [0.25, 0.3) is 0 Å². The molecule has 0 radical (unpaired) electrons. The van der Waals surface area contributed by atoms with Crippen LogP contribution in [0.1, 0.15) is 11.1 Å². The van der Waals surface area contributed by atoms with E-state index in [0.717, 1.165) is 0 Å². The van der Waals surface area contributed by atoms with Gasteiger partial charge in [0.05, 0.1) is 5.56 Å². The van der Waals surface area contributed by atoms with Gasteiger partial charge in [-0.15, -0.1) is 0 Å². The molecule has 0 bridgehead atoms. The normalized spacial score (nSPS) is 12.9. The molecule has 0 heterocycles.